The van der Waals surface area contributed by atoms with E-state index >= 15 is 0 Å². The van der Waals surface area contributed by atoms with E-state index in [1.807, 2.05) is 0 Å². The second kappa shape index (κ2) is 4.63. The number of aliphatic hydroxyl groups is 1. The highest BCUT2D eigenvalue weighted by Gasteiger charge is 2.37. The number of aliphatic hydroxyl groups excluding tert-OH is 1. The lowest BCUT2D eigenvalue weighted by molar-refractivity contribution is 0.0742. The molecule has 2 nitrogen and oxygen atoms in total. The summed E-state index contributed by atoms with van der Waals surface area (Å²) in [5.74, 6) is 0. The minimum atomic E-state index is 0.120. The van der Waals surface area contributed by atoms with E-state index < -0.39 is 0 Å². The molecule has 0 saturated heterocycles. The van der Waals surface area contributed by atoms with Gasteiger partial charge in [-0.1, -0.05) is 25.7 Å². The standard InChI is InChI=1S/C12H23NO/c14-10-12(8-5-9-12)13-11-6-3-1-2-4-7-11/h11,13-14H,1-10H2. The Morgan fingerprint density at radius 3 is 2.07 bits per heavy atom. The van der Waals surface area contributed by atoms with Crippen molar-refractivity contribution in [2.45, 2.75) is 69.4 Å². The molecule has 2 rings (SSSR count). The summed E-state index contributed by atoms with van der Waals surface area (Å²) < 4.78 is 0. The molecule has 2 aliphatic carbocycles. The smallest absolute Gasteiger partial charge is 0.0613 e. The number of hydrogen-bond donors (Lipinski definition) is 2. The molecule has 0 atom stereocenters. The molecule has 2 N–H and O–H groups in total. The van der Waals surface area contributed by atoms with E-state index in [4.69, 9.17) is 0 Å². The highest BCUT2D eigenvalue weighted by molar-refractivity contribution is 4.97. The molecule has 0 amide bonds. The quantitative estimate of drug-likeness (QED) is 0.680. The van der Waals surface area contributed by atoms with E-state index in [9.17, 15) is 5.11 Å². The fourth-order valence-corrected chi connectivity index (χ4v) is 2.81. The maximum atomic E-state index is 9.37. The van der Waals surface area contributed by atoms with Crippen LogP contribution in [-0.4, -0.2) is 23.3 Å². The van der Waals surface area contributed by atoms with Crippen LogP contribution in [0.5, 0.6) is 0 Å². The van der Waals surface area contributed by atoms with Gasteiger partial charge in [-0.05, 0) is 32.1 Å². The number of rotatable bonds is 3. The van der Waals surface area contributed by atoms with Crippen LogP contribution in [0, 0.1) is 0 Å². The maximum Gasteiger partial charge on any atom is 0.0613 e. The van der Waals surface area contributed by atoms with Gasteiger partial charge in [-0.2, -0.15) is 0 Å². The van der Waals surface area contributed by atoms with Crippen LogP contribution in [0.1, 0.15) is 57.8 Å². The molecule has 2 fully saturated rings. The SMILES string of the molecule is OCC1(NC2CCCCCC2)CCC1. The molecule has 2 saturated carbocycles. The monoisotopic (exact) mass is 197 g/mol. The lowest BCUT2D eigenvalue weighted by Crippen LogP contribution is -2.57. The van der Waals surface area contributed by atoms with Crippen LogP contribution in [0.2, 0.25) is 0 Å². The largest absolute Gasteiger partial charge is 0.394 e. The van der Waals surface area contributed by atoms with Gasteiger partial charge in [0, 0.05) is 11.6 Å². The van der Waals surface area contributed by atoms with Gasteiger partial charge < -0.3 is 10.4 Å². The third-order valence-corrected chi connectivity index (χ3v) is 3.98. The Balaban J connectivity index is 1.82. The minimum Gasteiger partial charge on any atom is -0.394 e. The van der Waals surface area contributed by atoms with E-state index in [0.29, 0.717) is 12.6 Å². The Bertz CT molecular complexity index is 164. The van der Waals surface area contributed by atoms with Crippen molar-refractivity contribution in [1.82, 2.24) is 5.32 Å². The Morgan fingerprint density at radius 2 is 1.64 bits per heavy atom. The Hall–Kier alpha value is -0.0800. The first-order chi connectivity index (χ1) is 6.85. The summed E-state index contributed by atoms with van der Waals surface area (Å²) in [6.07, 6.45) is 11.9. The van der Waals surface area contributed by atoms with Gasteiger partial charge in [-0.15, -0.1) is 0 Å². The second-order valence-corrected chi connectivity index (χ2v) is 5.12. The Labute approximate surface area is 87.1 Å². The maximum absolute atomic E-state index is 9.37. The molecule has 2 aliphatic rings. The summed E-state index contributed by atoms with van der Waals surface area (Å²) in [5.41, 5.74) is 0.120. The zero-order chi connectivity index (χ0) is 9.86. The van der Waals surface area contributed by atoms with E-state index in [0.717, 1.165) is 0 Å². The molecule has 0 aromatic rings. The van der Waals surface area contributed by atoms with Gasteiger partial charge in [0.1, 0.15) is 0 Å². The van der Waals surface area contributed by atoms with Crippen LogP contribution in [0.3, 0.4) is 0 Å². The molecular formula is C12H23NO. The van der Waals surface area contributed by atoms with Crippen molar-refractivity contribution in [2.75, 3.05) is 6.61 Å². The molecule has 0 aromatic heterocycles. The summed E-state index contributed by atoms with van der Waals surface area (Å²) >= 11 is 0. The highest BCUT2D eigenvalue weighted by atomic mass is 16.3. The van der Waals surface area contributed by atoms with Crippen molar-refractivity contribution in [1.29, 1.82) is 0 Å². The van der Waals surface area contributed by atoms with Gasteiger partial charge in [-0.3, -0.25) is 0 Å². The van der Waals surface area contributed by atoms with Crippen LogP contribution >= 0.6 is 0 Å². The molecule has 0 aromatic carbocycles. The molecule has 82 valence electrons. The Morgan fingerprint density at radius 1 is 1.00 bits per heavy atom. The average molecular weight is 197 g/mol. The highest BCUT2D eigenvalue weighted by Crippen LogP contribution is 2.33. The van der Waals surface area contributed by atoms with Crippen LogP contribution in [-0.2, 0) is 0 Å². The van der Waals surface area contributed by atoms with Crippen LogP contribution in [0.4, 0.5) is 0 Å². The Kier molecular flexibility index (Phi) is 3.45. The third-order valence-electron chi connectivity index (χ3n) is 3.98. The van der Waals surface area contributed by atoms with Gasteiger partial charge in [0.05, 0.1) is 6.61 Å². The fraction of sp³-hybridized carbons (Fsp3) is 1.00. The lowest BCUT2D eigenvalue weighted by Gasteiger charge is -2.44. The third kappa shape index (κ3) is 2.29. The molecule has 0 radical (unpaired) electrons. The van der Waals surface area contributed by atoms with Gasteiger partial charge in [0.2, 0.25) is 0 Å². The van der Waals surface area contributed by atoms with Crippen LogP contribution < -0.4 is 5.32 Å². The summed E-state index contributed by atoms with van der Waals surface area (Å²) in [7, 11) is 0. The van der Waals surface area contributed by atoms with Crippen molar-refractivity contribution < 1.29 is 5.11 Å². The molecule has 14 heavy (non-hydrogen) atoms. The van der Waals surface area contributed by atoms with Crippen molar-refractivity contribution in [3.8, 4) is 0 Å². The first kappa shape index (κ1) is 10.4. The molecule has 0 bridgehead atoms. The average Bonchev–Trinajstić information content (AvgIpc) is 2.39. The topological polar surface area (TPSA) is 32.3 Å². The van der Waals surface area contributed by atoms with Crippen LogP contribution in [0.15, 0.2) is 0 Å². The first-order valence-electron chi connectivity index (χ1n) is 6.23. The molecular weight excluding hydrogens is 174 g/mol. The van der Waals surface area contributed by atoms with E-state index in [1.165, 1.54) is 57.8 Å². The zero-order valence-electron chi connectivity index (χ0n) is 9.10. The van der Waals surface area contributed by atoms with Gasteiger partial charge in [0.15, 0.2) is 0 Å². The summed E-state index contributed by atoms with van der Waals surface area (Å²) in [4.78, 5) is 0. The number of hydrogen-bond acceptors (Lipinski definition) is 2. The molecule has 0 spiro atoms. The first-order valence-corrected chi connectivity index (χ1v) is 6.23. The lowest BCUT2D eigenvalue weighted by atomic mass is 9.76. The number of nitrogens with one attached hydrogen (secondary N) is 1. The van der Waals surface area contributed by atoms with Gasteiger partial charge in [-0.25, -0.2) is 0 Å². The predicted octanol–water partition coefficient (Wildman–Crippen LogP) is 2.21. The van der Waals surface area contributed by atoms with E-state index in [2.05, 4.69) is 5.32 Å². The van der Waals surface area contributed by atoms with E-state index in [-0.39, 0.29) is 5.54 Å². The molecule has 0 heterocycles. The van der Waals surface area contributed by atoms with Gasteiger partial charge in [0.25, 0.3) is 0 Å². The predicted molar refractivity (Wildman–Crippen MR) is 58.3 cm³/mol. The van der Waals surface area contributed by atoms with Crippen molar-refractivity contribution >= 4 is 0 Å². The minimum absolute atomic E-state index is 0.120. The molecule has 0 aliphatic heterocycles. The fourth-order valence-electron chi connectivity index (χ4n) is 2.81. The second-order valence-electron chi connectivity index (χ2n) is 5.12. The van der Waals surface area contributed by atoms with Crippen molar-refractivity contribution in [3.05, 3.63) is 0 Å². The normalized spacial score (nSPS) is 28.1. The summed E-state index contributed by atoms with van der Waals surface area (Å²) in [6.45, 7) is 0.337. The zero-order valence-corrected chi connectivity index (χ0v) is 9.10. The van der Waals surface area contributed by atoms with Crippen molar-refractivity contribution in [2.24, 2.45) is 0 Å². The summed E-state index contributed by atoms with van der Waals surface area (Å²) in [5, 5.41) is 13.1. The molecule has 0 unspecified atom stereocenters. The van der Waals surface area contributed by atoms with Crippen LogP contribution in [0.25, 0.3) is 0 Å². The van der Waals surface area contributed by atoms with Gasteiger partial charge >= 0.3 is 0 Å². The van der Waals surface area contributed by atoms with Crippen molar-refractivity contribution in [3.63, 3.8) is 0 Å². The molecule has 2 heteroatoms. The summed E-state index contributed by atoms with van der Waals surface area (Å²) in [6, 6.07) is 0.685. The van der Waals surface area contributed by atoms with E-state index in [1.54, 1.807) is 0 Å².